The van der Waals surface area contributed by atoms with Gasteiger partial charge in [-0.1, -0.05) is 0 Å². The Labute approximate surface area is 150 Å². The van der Waals surface area contributed by atoms with Gasteiger partial charge in [-0.2, -0.15) is 0 Å². The molecule has 2 fully saturated rings. The number of hydrogen-bond donors (Lipinski definition) is 1. The topological polar surface area (TPSA) is 152 Å². The van der Waals surface area contributed by atoms with Gasteiger partial charge >= 0.3 is 17.9 Å². The summed E-state index contributed by atoms with van der Waals surface area (Å²) in [4.78, 5) is 57.5. The fourth-order valence-electron chi connectivity index (χ4n) is 3.29. The minimum absolute atomic E-state index is 0.0926. The molecule has 0 unspecified atom stereocenters. The first-order valence-corrected chi connectivity index (χ1v) is 7.97. The summed E-state index contributed by atoms with van der Waals surface area (Å²) < 4.78 is 22.7. The lowest BCUT2D eigenvalue weighted by Gasteiger charge is -2.22. The molecule has 27 heavy (non-hydrogen) atoms. The fourth-order valence-corrected chi connectivity index (χ4v) is 3.29. The lowest BCUT2D eigenvalue weighted by molar-refractivity contribution is -0.174. The van der Waals surface area contributed by atoms with E-state index in [0.717, 1.165) is 6.92 Å². The van der Waals surface area contributed by atoms with Crippen LogP contribution in [0.25, 0.3) is 11.2 Å². The molecule has 0 bridgehead atoms. The molecule has 0 radical (unpaired) electrons. The average Bonchev–Trinajstić information content (AvgIpc) is 3.23. The highest BCUT2D eigenvalue weighted by atomic mass is 16.7. The van der Waals surface area contributed by atoms with E-state index in [0.29, 0.717) is 0 Å². The van der Waals surface area contributed by atoms with Gasteiger partial charge in [-0.15, -0.1) is 0 Å². The Balaban J connectivity index is 1.76. The molecular weight excluding hydrogens is 364 g/mol. The number of aromatic nitrogens is 4. The van der Waals surface area contributed by atoms with Crippen LogP contribution in [0.2, 0.25) is 0 Å². The number of nitrogens with zero attached hydrogens (tertiary/aromatic N) is 3. The lowest BCUT2D eigenvalue weighted by atomic mass is 10.1. The number of ether oxygens (including phenoxy) is 4. The van der Waals surface area contributed by atoms with Crippen LogP contribution in [0.15, 0.2) is 17.4 Å². The van der Waals surface area contributed by atoms with Crippen LogP contribution < -0.4 is 5.56 Å². The van der Waals surface area contributed by atoms with Crippen LogP contribution in [0.1, 0.15) is 20.1 Å². The van der Waals surface area contributed by atoms with Crippen LogP contribution in [-0.4, -0.2) is 61.8 Å². The number of carbonyl (C=O) groups is 3. The molecule has 4 heterocycles. The van der Waals surface area contributed by atoms with Crippen molar-refractivity contribution < 1.29 is 33.3 Å². The Kier molecular flexibility index (Phi) is 3.91. The van der Waals surface area contributed by atoms with Gasteiger partial charge in [0, 0.05) is 13.8 Å². The molecule has 0 aliphatic carbocycles. The molecule has 0 aromatic carbocycles. The van der Waals surface area contributed by atoms with E-state index in [-0.39, 0.29) is 11.2 Å². The van der Waals surface area contributed by atoms with E-state index < -0.39 is 54.1 Å². The highest BCUT2D eigenvalue weighted by Gasteiger charge is 2.61. The predicted octanol–water partition coefficient (Wildman–Crippen LogP) is -1.19. The summed E-state index contributed by atoms with van der Waals surface area (Å²) in [5.41, 5.74) is -0.224. The third-order valence-electron chi connectivity index (χ3n) is 4.25. The number of hydrogen-bond acceptors (Lipinski definition) is 10. The van der Waals surface area contributed by atoms with Crippen molar-refractivity contribution in [2.75, 3.05) is 0 Å². The maximum atomic E-state index is 12.2. The van der Waals surface area contributed by atoms with Crippen molar-refractivity contribution in [1.29, 1.82) is 0 Å². The average molecular weight is 378 g/mol. The predicted molar refractivity (Wildman–Crippen MR) is 83.0 cm³/mol. The van der Waals surface area contributed by atoms with Crippen LogP contribution >= 0.6 is 0 Å². The Morgan fingerprint density at radius 3 is 2.59 bits per heavy atom. The number of imidazole rings is 1. The van der Waals surface area contributed by atoms with Crippen molar-refractivity contribution in [2.45, 2.75) is 44.5 Å². The zero-order chi connectivity index (χ0) is 19.3. The zero-order valence-corrected chi connectivity index (χ0v) is 14.1. The molecule has 2 saturated heterocycles. The molecule has 0 spiro atoms. The number of rotatable bonds is 3. The third kappa shape index (κ3) is 2.73. The minimum Gasteiger partial charge on any atom is -0.454 e. The van der Waals surface area contributed by atoms with E-state index in [1.54, 1.807) is 0 Å². The van der Waals surface area contributed by atoms with Crippen molar-refractivity contribution >= 4 is 29.1 Å². The van der Waals surface area contributed by atoms with Crippen molar-refractivity contribution in [2.24, 2.45) is 0 Å². The normalized spacial score (nSPS) is 29.4. The first-order chi connectivity index (χ1) is 12.9. The van der Waals surface area contributed by atoms with Crippen LogP contribution in [-0.2, 0) is 33.3 Å². The van der Waals surface area contributed by atoms with E-state index in [1.165, 1.54) is 24.1 Å². The Morgan fingerprint density at radius 1 is 1.15 bits per heavy atom. The van der Waals surface area contributed by atoms with Gasteiger partial charge in [0.1, 0.15) is 12.4 Å². The van der Waals surface area contributed by atoms with Gasteiger partial charge in [-0.25, -0.2) is 14.8 Å². The summed E-state index contributed by atoms with van der Waals surface area (Å²) in [6, 6.07) is 0. The molecule has 2 aromatic rings. The first kappa shape index (κ1) is 17.1. The maximum Gasteiger partial charge on any atom is 0.350 e. The molecule has 2 aliphatic heterocycles. The second-order valence-electron chi connectivity index (χ2n) is 6.05. The molecule has 2 aliphatic rings. The monoisotopic (exact) mass is 378 g/mol. The van der Waals surface area contributed by atoms with Gasteiger partial charge in [0.25, 0.3) is 5.56 Å². The summed E-state index contributed by atoms with van der Waals surface area (Å²) >= 11 is 0. The van der Waals surface area contributed by atoms with Gasteiger partial charge in [-0.05, 0) is 0 Å². The molecular formula is C15H14N4O8. The molecule has 5 atom stereocenters. The van der Waals surface area contributed by atoms with E-state index in [4.69, 9.17) is 18.9 Å². The maximum absolute atomic E-state index is 12.2. The number of H-pyrrole nitrogens is 1. The van der Waals surface area contributed by atoms with Crippen LogP contribution in [0.3, 0.4) is 0 Å². The highest BCUT2D eigenvalue weighted by molar-refractivity contribution is 5.82. The van der Waals surface area contributed by atoms with E-state index >= 15 is 0 Å². The molecule has 142 valence electrons. The molecule has 0 saturated carbocycles. The second-order valence-corrected chi connectivity index (χ2v) is 6.05. The van der Waals surface area contributed by atoms with Crippen LogP contribution in [0.4, 0.5) is 0 Å². The largest absolute Gasteiger partial charge is 0.454 e. The zero-order valence-electron chi connectivity index (χ0n) is 14.1. The number of carbonyl (C=O) groups excluding carboxylic acids is 3. The van der Waals surface area contributed by atoms with Crippen molar-refractivity contribution in [3.05, 3.63) is 23.0 Å². The van der Waals surface area contributed by atoms with Crippen LogP contribution in [0, 0.1) is 0 Å². The van der Waals surface area contributed by atoms with Crippen molar-refractivity contribution in [3.8, 4) is 0 Å². The van der Waals surface area contributed by atoms with E-state index in [2.05, 4.69) is 15.0 Å². The van der Waals surface area contributed by atoms with Crippen molar-refractivity contribution in [3.63, 3.8) is 0 Å². The Bertz CT molecular complexity index is 997. The van der Waals surface area contributed by atoms with Crippen LogP contribution in [0.5, 0.6) is 0 Å². The van der Waals surface area contributed by atoms with Gasteiger partial charge in [-0.3, -0.25) is 19.0 Å². The van der Waals surface area contributed by atoms with Crippen molar-refractivity contribution in [1.82, 2.24) is 19.5 Å². The summed E-state index contributed by atoms with van der Waals surface area (Å²) in [6.07, 6.45) is -2.93. The molecule has 12 nitrogen and oxygen atoms in total. The molecule has 1 N–H and O–H groups in total. The number of aromatic amines is 1. The minimum atomic E-state index is -1.30. The summed E-state index contributed by atoms with van der Waals surface area (Å²) in [6.45, 7) is 2.33. The molecule has 12 heteroatoms. The Morgan fingerprint density at radius 2 is 1.89 bits per heavy atom. The molecule has 4 rings (SSSR count). The standard InChI is InChI=1S/C15H14N4O8/c1-5(20)24-10-8-9(11(15(23)27-8)25-6(2)21)26-14(10)19-4-18-12-7(19)13(22)17-3-16-12/h3-4,8-11,14H,1-2H3,(H,16,17,22)/t8-,9-,10-,11-,14+/m1/s1. The number of esters is 3. The second kappa shape index (κ2) is 6.16. The molecule has 2 aromatic heterocycles. The number of fused-ring (bicyclic) bond motifs is 2. The summed E-state index contributed by atoms with van der Waals surface area (Å²) in [5, 5.41) is 0. The van der Waals surface area contributed by atoms with Gasteiger partial charge in [0.05, 0.1) is 6.33 Å². The quantitative estimate of drug-likeness (QED) is 0.509. The van der Waals surface area contributed by atoms with E-state index in [1.807, 2.05) is 0 Å². The van der Waals surface area contributed by atoms with Gasteiger partial charge in [0.2, 0.25) is 6.10 Å². The first-order valence-electron chi connectivity index (χ1n) is 7.97. The smallest absolute Gasteiger partial charge is 0.350 e. The fraction of sp³-hybridized carbons (Fsp3) is 0.467. The van der Waals surface area contributed by atoms with Gasteiger partial charge in [0.15, 0.2) is 29.6 Å². The van der Waals surface area contributed by atoms with E-state index in [9.17, 15) is 19.2 Å². The SMILES string of the molecule is CC(=O)O[C@@H]1[C@@H]2OC(=O)[C@H](OC(C)=O)[C@@H]2O[C@@H]1n1cnc2nc[nH]c(=O)c21. The lowest BCUT2D eigenvalue weighted by Crippen LogP contribution is -2.36. The summed E-state index contributed by atoms with van der Waals surface area (Å²) in [7, 11) is 0. The number of nitrogens with one attached hydrogen (secondary N) is 1. The highest BCUT2D eigenvalue weighted by Crippen LogP contribution is 2.40. The van der Waals surface area contributed by atoms with Gasteiger partial charge < -0.3 is 23.9 Å². The summed E-state index contributed by atoms with van der Waals surface area (Å²) in [5.74, 6) is -2.13. The third-order valence-corrected chi connectivity index (χ3v) is 4.25. The molecule has 0 amide bonds. The Hall–Kier alpha value is -3.28.